The van der Waals surface area contributed by atoms with E-state index in [2.05, 4.69) is 12.6 Å². The predicted octanol–water partition coefficient (Wildman–Crippen LogP) is 1.94. The highest BCUT2D eigenvalue weighted by Crippen LogP contribution is 2.33. The maximum absolute atomic E-state index is 11.7. The molecule has 1 aliphatic rings. The molecule has 16 heavy (non-hydrogen) atoms. The molecule has 1 aromatic heterocycles. The van der Waals surface area contributed by atoms with Crippen molar-refractivity contribution in [2.75, 3.05) is 19.0 Å². The van der Waals surface area contributed by atoms with Crippen LogP contribution in [0.3, 0.4) is 0 Å². The van der Waals surface area contributed by atoms with Gasteiger partial charge in [-0.15, -0.1) is 0 Å². The summed E-state index contributed by atoms with van der Waals surface area (Å²) < 4.78 is 7.27. The number of thiol groups is 1. The zero-order valence-corrected chi connectivity index (χ0v) is 11.2. The quantitative estimate of drug-likeness (QED) is 0.841. The number of hydrogen-bond donors (Lipinski definition) is 1. The molecule has 0 aliphatic carbocycles. The van der Waals surface area contributed by atoms with Crippen molar-refractivity contribution in [3.63, 3.8) is 0 Å². The van der Waals surface area contributed by atoms with Gasteiger partial charge in [-0.25, -0.2) is 0 Å². The number of hydrogen-bond acceptors (Lipinski definition) is 4. The second-order valence-corrected chi connectivity index (χ2v) is 5.64. The van der Waals surface area contributed by atoms with Crippen molar-refractivity contribution in [3.8, 4) is 0 Å². The van der Waals surface area contributed by atoms with E-state index in [0.717, 1.165) is 44.0 Å². The van der Waals surface area contributed by atoms with E-state index in [1.54, 1.807) is 0 Å². The molecular formula is C11H17NO2S2. The number of aromatic nitrogens is 1. The number of aryl methyl sites for hydroxylation is 1. The fraction of sp³-hybridized carbons (Fsp3) is 0.727. The Hall–Kier alpha value is -0.260. The van der Waals surface area contributed by atoms with E-state index in [1.165, 1.54) is 11.3 Å². The minimum absolute atomic E-state index is 0.136. The normalized spacial score (nSPS) is 19.9. The average Bonchev–Trinajstić information content (AvgIpc) is 2.62. The van der Waals surface area contributed by atoms with Crippen LogP contribution in [0.2, 0.25) is 0 Å². The van der Waals surface area contributed by atoms with Crippen molar-refractivity contribution in [2.24, 2.45) is 5.41 Å². The van der Waals surface area contributed by atoms with E-state index in [1.807, 2.05) is 16.9 Å². The Morgan fingerprint density at radius 1 is 1.56 bits per heavy atom. The lowest BCUT2D eigenvalue weighted by molar-refractivity contribution is 0.0177. The highest BCUT2D eigenvalue weighted by atomic mass is 32.1. The third-order valence-electron chi connectivity index (χ3n) is 3.36. The molecule has 1 saturated heterocycles. The molecule has 0 N–H and O–H groups in total. The number of nitrogens with zero attached hydrogens (tertiary/aromatic N) is 1. The van der Waals surface area contributed by atoms with Crippen LogP contribution >= 0.6 is 24.0 Å². The van der Waals surface area contributed by atoms with Gasteiger partial charge < -0.3 is 9.30 Å². The first-order chi connectivity index (χ1) is 7.67. The van der Waals surface area contributed by atoms with Crippen molar-refractivity contribution in [1.29, 1.82) is 0 Å². The molecule has 90 valence electrons. The average molecular weight is 259 g/mol. The number of rotatable bonds is 3. The van der Waals surface area contributed by atoms with Gasteiger partial charge in [0, 0.05) is 36.2 Å². The second kappa shape index (κ2) is 4.94. The summed E-state index contributed by atoms with van der Waals surface area (Å²) in [4.78, 5) is 11.8. The van der Waals surface area contributed by atoms with Crippen LogP contribution in [0.15, 0.2) is 10.2 Å². The molecule has 0 amide bonds. The third kappa shape index (κ3) is 2.36. The minimum atomic E-state index is 0.136. The Bertz CT molecular complexity index is 404. The van der Waals surface area contributed by atoms with Crippen molar-refractivity contribution < 1.29 is 4.74 Å². The van der Waals surface area contributed by atoms with Crippen molar-refractivity contribution in [1.82, 2.24) is 4.57 Å². The van der Waals surface area contributed by atoms with Gasteiger partial charge in [-0.05, 0) is 25.5 Å². The van der Waals surface area contributed by atoms with Gasteiger partial charge in [0.25, 0.3) is 0 Å². The van der Waals surface area contributed by atoms with Gasteiger partial charge in [0.05, 0.1) is 0 Å². The lowest BCUT2D eigenvalue weighted by Gasteiger charge is -2.36. The van der Waals surface area contributed by atoms with Gasteiger partial charge in [-0.2, -0.15) is 12.6 Å². The molecule has 1 fully saturated rings. The molecule has 0 saturated carbocycles. The topological polar surface area (TPSA) is 31.2 Å². The van der Waals surface area contributed by atoms with Crippen LogP contribution in [-0.4, -0.2) is 23.5 Å². The van der Waals surface area contributed by atoms with Gasteiger partial charge in [0.1, 0.15) is 0 Å². The Labute approximate surface area is 105 Å². The molecule has 1 aromatic rings. The Morgan fingerprint density at radius 2 is 2.25 bits per heavy atom. The zero-order valence-electron chi connectivity index (χ0n) is 9.44. The largest absolute Gasteiger partial charge is 0.381 e. The maximum atomic E-state index is 11.7. The van der Waals surface area contributed by atoms with E-state index < -0.39 is 0 Å². The van der Waals surface area contributed by atoms with Gasteiger partial charge in [0.15, 0.2) is 0 Å². The summed E-state index contributed by atoms with van der Waals surface area (Å²) >= 11 is 5.74. The Morgan fingerprint density at radius 3 is 2.75 bits per heavy atom. The van der Waals surface area contributed by atoms with Crippen LogP contribution in [0.25, 0.3) is 0 Å². The molecule has 5 heteroatoms. The molecule has 0 unspecified atom stereocenters. The standard InChI is InChI=1S/C11H17NO2S2/c1-9-6-16-10(13)12(9)7-11(8-15)2-4-14-5-3-11/h6,15H,2-5,7-8H2,1H3. The van der Waals surface area contributed by atoms with Gasteiger partial charge >= 0.3 is 4.87 Å². The summed E-state index contributed by atoms with van der Waals surface area (Å²) in [6.07, 6.45) is 2.00. The third-order valence-corrected chi connectivity index (χ3v) is 4.91. The summed E-state index contributed by atoms with van der Waals surface area (Å²) in [6.45, 7) is 4.36. The molecule has 3 nitrogen and oxygen atoms in total. The SMILES string of the molecule is Cc1csc(=O)n1CC1(CS)CCOCC1. The molecule has 0 aromatic carbocycles. The van der Waals surface area contributed by atoms with Crippen LogP contribution in [-0.2, 0) is 11.3 Å². The number of ether oxygens (including phenoxy) is 1. The van der Waals surface area contributed by atoms with Crippen molar-refractivity contribution in [2.45, 2.75) is 26.3 Å². The highest BCUT2D eigenvalue weighted by molar-refractivity contribution is 7.80. The maximum Gasteiger partial charge on any atom is 0.307 e. The molecule has 2 heterocycles. The van der Waals surface area contributed by atoms with Crippen LogP contribution in [0.1, 0.15) is 18.5 Å². The van der Waals surface area contributed by atoms with E-state index in [4.69, 9.17) is 4.74 Å². The first-order valence-electron chi connectivity index (χ1n) is 5.50. The molecule has 0 spiro atoms. The van der Waals surface area contributed by atoms with Crippen molar-refractivity contribution in [3.05, 3.63) is 20.7 Å². The van der Waals surface area contributed by atoms with Crippen molar-refractivity contribution >= 4 is 24.0 Å². The summed E-state index contributed by atoms with van der Waals surface area (Å²) in [5.41, 5.74) is 1.19. The van der Waals surface area contributed by atoms with E-state index in [9.17, 15) is 4.79 Å². The molecule has 1 aliphatic heterocycles. The zero-order chi connectivity index (χ0) is 11.6. The van der Waals surface area contributed by atoms with Gasteiger partial charge in [-0.1, -0.05) is 11.3 Å². The minimum Gasteiger partial charge on any atom is -0.381 e. The molecule has 0 radical (unpaired) electrons. The fourth-order valence-electron chi connectivity index (χ4n) is 2.10. The monoisotopic (exact) mass is 259 g/mol. The van der Waals surface area contributed by atoms with Crippen LogP contribution < -0.4 is 4.87 Å². The summed E-state index contributed by atoms with van der Waals surface area (Å²) in [7, 11) is 0. The van der Waals surface area contributed by atoms with Gasteiger partial charge in [0.2, 0.25) is 0 Å². The smallest absolute Gasteiger partial charge is 0.307 e. The molecule has 0 bridgehead atoms. The Kier molecular flexibility index (Phi) is 3.77. The first kappa shape index (κ1) is 12.2. The van der Waals surface area contributed by atoms with Crippen LogP contribution in [0, 0.1) is 12.3 Å². The van der Waals surface area contributed by atoms with E-state index in [-0.39, 0.29) is 10.3 Å². The van der Waals surface area contributed by atoms with Crippen LogP contribution in [0.5, 0.6) is 0 Å². The van der Waals surface area contributed by atoms with E-state index >= 15 is 0 Å². The molecule has 2 rings (SSSR count). The predicted molar refractivity (Wildman–Crippen MR) is 69.7 cm³/mol. The van der Waals surface area contributed by atoms with Crippen LogP contribution in [0.4, 0.5) is 0 Å². The molecule has 0 atom stereocenters. The Balaban J connectivity index is 2.21. The first-order valence-corrected chi connectivity index (χ1v) is 7.02. The van der Waals surface area contributed by atoms with E-state index in [0.29, 0.717) is 0 Å². The molecular weight excluding hydrogens is 242 g/mol. The summed E-state index contributed by atoms with van der Waals surface area (Å²) in [6, 6.07) is 0. The van der Waals surface area contributed by atoms with Gasteiger partial charge in [-0.3, -0.25) is 4.79 Å². The summed E-state index contributed by atoms with van der Waals surface area (Å²) in [5.74, 6) is 0.818. The number of thiazole rings is 1. The lowest BCUT2D eigenvalue weighted by atomic mass is 9.82. The fourth-order valence-corrected chi connectivity index (χ4v) is 3.25. The second-order valence-electron chi connectivity index (χ2n) is 4.50. The highest BCUT2D eigenvalue weighted by Gasteiger charge is 2.32. The lowest BCUT2D eigenvalue weighted by Crippen LogP contribution is -2.37. The summed E-state index contributed by atoms with van der Waals surface area (Å²) in [5, 5.41) is 1.92.